The Hall–Kier alpha value is -3.58. The van der Waals surface area contributed by atoms with Gasteiger partial charge < -0.3 is 9.67 Å². The van der Waals surface area contributed by atoms with E-state index in [0.29, 0.717) is 17.7 Å². The van der Waals surface area contributed by atoms with Crippen LogP contribution in [0.5, 0.6) is 0 Å². The number of allylic oxidation sites excluding steroid dienone is 1. The Balaban J connectivity index is 1.79. The second-order valence-electron chi connectivity index (χ2n) is 6.36. The van der Waals surface area contributed by atoms with Gasteiger partial charge in [-0.2, -0.15) is 0 Å². The lowest BCUT2D eigenvalue weighted by Crippen LogP contribution is -2.01. The van der Waals surface area contributed by atoms with Crippen LogP contribution in [0.3, 0.4) is 0 Å². The third kappa shape index (κ3) is 4.30. The van der Waals surface area contributed by atoms with Crippen LogP contribution in [0.4, 0.5) is 4.39 Å². The molecular formula is C22H16FN3O2S. The quantitative estimate of drug-likeness (QED) is 0.485. The minimum atomic E-state index is -1.03. The lowest BCUT2D eigenvalue weighted by atomic mass is 9.96. The molecule has 0 bridgehead atoms. The predicted molar refractivity (Wildman–Crippen MR) is 111 cm³/mol. The van der Waals surface area contributed by atoms with Crippen LogP contribution in [-0.2, 0) is 6.54 Å². The maximum absolute atomic E-state index is 13.3. The fourth-order valence-corrected chi connectivity index (χ4v) is 3.69. The third-order valence-electron chi connectivity index (χ3n) is 4.39. The van der Waals surface area contributed by atoms with Crippen molar-refractivity contribution in [1.82, 2.24) is 14.5 Å². The molecule has 144 valence electrons. The number of carboxylic acid groups (broad SMARTS) is 1. The van der Waals surface area contributed by atoms with Gasteiger partial charge in [0.1, 0.15) is 10.8 Å². The molecule has 0 atom stereocenters. The van der Waals surface area contributed by atoms with Gasteiger partial charge in [0, 0.05) is 29.5 Å². The van der Waals surface area contributed by atoms with Crippen molar-refractivity contribution in [2.75, 3.05) is 0 Å². The topological polar surface area (TPSA) is 68.0 Å². The average molecular weight is 405 g/mol. The zero-order valence-corrected chi connectivity index (χ0v) is 16.0. The molecule has 2 heterocycles. The van der Waals surface area contributed by atoms with Crippen LogP contribution in [0.1, 0.15) is 20.9 Å². The first-order chi connectivity index (χ1) is 14.1. The molecule has 7 heteroatoms. The van der Waals surface area contributed by atoms with E-state index in [-0.39, 0.29) is 11.4 Å². The van der Waals surface area contributed by atoms with E-state index in [1.165, 1.54) is 23.5 Å². The summed E-state index contributed by atoms with van der Waals surface area (Å²) in [6.45, 7) is 0.583. The Labute approximate surface area is 170 Å². The van der Waals surface area contributed by atoms with Crippen molar-refractivity contribution >= 4 is 29.0 Å². The Morgan fingerprint density at radius 3 is 2.66 bits per heavy atom. The molecule has 0 spiro atoms. The maximum atomic E-state index is 13.3. The number of aromatic nitrogens is 3. The highest BCUT2D eigenvalue weighted by Gasteiger charge is 2.13. The molecule has 0 saturated heterocycles. The highest BCUT2D eigenvalue weighted by Crippen LogP contribution is 2.28. The van der Waals surface area contributed by atoms with Crippen LogP contribution in [0.2, 0.25) is 0 Å². The monoisotopic (exact) mass is 405 g/mol. The Kier molecular flexibility index (Phi) is 5.31. The molecule has 0 saturated carbocycles. The number of imidazole rings is 1. The van der Waals surface area contributed by atoms with Gasteiger partial charge >= 0.3 is 5.97 Å². The van der Waals surface area contributed by atoms with E-state index in [0.717, 1.165) is 16.1 Å². The number of hydrogen-bond donors (Lipinski definition) is 1. The van der Waals surface area contributed by atoms with Crippen LogP contribution >= 0.6 is 11.3 Å². The maximum Gasteiger partial charge on any atom is 0.336 e. The van der Waals surface area contributed by atoms with Crippen LogP contribution in [0, 0.1) is 5.82 Å². The zero-order chi connectivity index (χ0) is 20.2. The molecule has 0 aliphatic rings. The molecule has 4 aromatic rings. The van der Waals surface area contributed by atoms with E-state index in [4.69, 9.17) is 0 Å². The lowest BCUT2D eigenvalue weighted by molar-refractivity contribution is 0.0697. The van der Waals surface area contributed by atoms with Crippen molar-refractivity contribution < 1.29 is 14.3 Å². The number of nitrogens with zero attached hydrogens (tertiary/aromatic N) is 3. The first-order valence-corrected chi connectivity index (χ1v) is 9.67. The van der Waals surface area contributed by atoms with Crippen molar-refractivity contribution in [2.45, 2.75) is 6.54 Å². The molecule has 0 aliphatic heterocycles. The fraction of sp³-hybridized carbons (Fsp3) is 0.0455. The largest absolute Gasteiger partial charge is 0.478 e. The Morgan fingerprint density at radius 1 is 1.17 bits per heavy atom. The summed E-state index contributed by atoms with van der Waals surface area (Å²) in [7, 11) is 0. The first kappa shape index (κ1) is 18.8. The molecule has 2 aromatic heterocycles. The van der Waals surface area contributed by atoms with Gasteiger partial charge in [-0.3, -0.25) is 0 Å². The molecule has 0 radical (unpaired) electrons. The molecule has 2 aromatic carbocycles. The van der Waals surface area contributed by atoms with Crippen molar-refractivity contribution in [3.63, 3.8) is 0 Å². The van der Waals surface area contributed by atoms with Crippen molar-refractivity contribution in [3.8, 4) is 11.1 Å². The van der Waals surface area contributed by atoms with Crippen LogP contribution in [0.25, 0.3) is 22.8 Å². The van der Waals surface area contributed by atoms with Gasteiger partial charge in [-0.05, 0) is 47.0 Å². The average Bonchev–Trinajstić information content (AvgIpc) is 3.42. The van der Waals surface area contributed by atoms with E-state index in [1.54, 1.807) is 49.1 Å². The number of benzene rings is 2. The fourth-order valence-electron chi connectivity index (χ4n) is 3.04. The summed E-state index contributed by atoms with van der Waals surface area (Å²) in [6.07, 6.45) is 9.06. The lowest BCUT2D eigenvalue weighted by Gasteiger charge is -2.10. The zero-order valence-electron chi connectivity index (χ0n) is 15.2. The number of thiazole rings is 1. The Bertz CT molecular complexity index is 1150. The van der Waals surface area contributed by atoms with Gasteiger partial charge in [-0.15, -0.1) is 11.3 Å². The van der Waals surface area contributed by atoms with Crippen LogP contribution in [-0.4, -0.2) is 25.6 Å². The molecule has 29 heavy (non-hydrogen) atoms. The number of carbonyl (C=O) groups is 1. The predicted octanol–water partition coefficient (Wildman–Crippen LogP) is 5.08. The molecule has 0 aliphatic carbocycles. The minimum absolute atomic E-state index is 0.166. The van der Waals surface area contributed by atoms with E-state index >= 15 is 0 Å². The van der Waals surface area contributed by atoms with Gasteiger partial charge in [0.2, 0.25) is 0 Å². The van der Waals surface area contributed by atoms with Crippen molar-refractivity contribution in [2.24, 2.45) is 0 Å². The van der Waals surface area contributed by atoms with E-state index in [2.05, 4.69) is 9.97 Å². The SMILES string of the molecule is O=C(O)c1ccc(/C=C(/Cn2ccnc2)c2nccs2)cc1-c1ccc(F)cc1. The van der Waals surface area contributed by atoms with Crippen molar-refractivity contribution in [3.05, 3.63) is 94.7 Å². The second kappa shape index (κ2) is 8.20. The molecule has 0 unspecified atom stereocenters. The van der Waals surface area contributed by atoms with Crippen LogP contribution in [0.15, 0.2) is 72.8 Å². The Morgan fingerprint density at radius 2 is 2.00 bits per heavy atom. The molecule has 1 N–H and O–H groups in total. The highest BCUT2D eigenvalue weighted by molar-refractivity contribution is 7.10. The summed E-state index contributed by atoms with van der Waals surface area (Å²) in [4.78, 5) is 20.2. The summed E-state index contributed by atoms with van der Waals surface area (Å²) in [5.41, 5.74) is 3.15. The molecule has 0 amide bonds. The van der Waals surface area contributed by atoms with Crippen molar-refractivity contribution in [1.29, 1.82) is 0 Å². The van der Waals surface area contributed by atoms with E-state index < -0.39 is 5.97 Å². The highest BCUT2D eigenvalue weighted by atomic mass is 32.1. The smallest absolute Gasteiger partial charge is 0.336 e. The minimum Gasteiger partial charge on any atom is -0.478 e. The molecule has 4 rings (SSSR count). The third-order valence-corrected chi connectivity index (χ3v) is 5.24. The number of carboxylic acids is 1. The summed E-state index contributed by atoms with van der Waals surface area (Å²) in [5, 5.41) is 12.4. The summed E-state index contributed by atoms with van der Waals surface area (Å²) in [6, 6.07) is 10.9. The van der Waals surface area contributed by atoms with Gasteiger partial charge in [-0.1, -0.05) is 18.2 Å². The number of hydrogen-bond acceptors (Lipinski definition) is 4. The molecular weight excluding hydrogens is 389 g/mol. The summed E-state index contributed by atoms with van der Waals surface area (Å²) >= 11 is 1.53. The van der Waals surface area contributed by atoms with E-state index in [9.17, 15) is 14.3 Å². The first-order valence-electron chi connectivity index (χ1n) is 8.79. The van der Waals surface area contributed by atoms with Crippen LogP contribution < -0.4 is 0 Å². The van der Waals surface area contributed by atoms with Gasteiger partial charge in [-0.25, -0.2) is 19.2 Å². The summed E-state index contributed by atoms with van der Waals surface area (Å²) in [5.74, 6) is -1.40. The summed E-state index contributed by atoms with van der Waals surface area (Å²) < 4.78 is 15.3. The number of halogens is 1. The van der Waals surface area contributed by atoms with Gasteiger partial charge in [0.15, 0.2) is 0 Å². The number of rotatable bonds is 6. The molecule has 0 fully saturated rings. The van der Waals surface area contributed by atoms with Gasteiger partial charge in [0.25, 0.3) is 0 Å². The second-order valence-corrected chi connectivity index (χ2v) is 7.25. The van der Waals surface area contributed by atoms with Gasteiger partial charge in [0.05, 0.1) is 18.4 Å². The number of aromatic carboxylic acids is 1. The molecule has 5 nitrogen and oxygen atoms in total. The van der Waals surface area contributed by atoms with E-state index in [1.807, 2.05) is 22.2 Å². The normalized spacial score (nSPS) is 11.6. The standard InChI is InChI=1S/C22H16FN3O2S/c23-18-4-2-16(3-5-18)20-12-15(1-6-19(20)22(27)28)11-17(21-25-8-10-29-21)13-26-9-7-24-14-26/h1-12,14H,13H2,(H,27,28)/b17-11-.